The number of piperidine rings is 3. The maximum atomic E-state index is 14.0. The van der Waals surface area contributed by atoms with Crippen LogP contribution in [0.3, 0.4) is 0 Å². The quantitative estimate of drug-likeness (QED) is 0.545. The van der Waals surface area contributed by atoms with Crippen molar-refractivity contribution in [2.75, 3.05) is 13.1 Å². The van der Waals surface area contributed by atoms with Gasteiger partial charge in [-0.2, -0.15) is 4.98 Å². The second-order valence-electron chi connectivity index (χ2n) is 13.8. The molecule has 0 spiro atoms. The van der Waals surface area contributed by atoms with Crippen LogP contribution in [0.5, 0.6) is 0 Å². The molecular weight excluding hydrogens is 522 g/mol. The first-order valence-electron chi connectivity index (χ1n) is 14.9. The van der Waals surface area contributed by atoms with Gasteiger partial charge in [0.2, 0.25) is 17.7 Å². The van der Waals surface area contributed by atoms with Gasteiger partial charge in [0, 0.05) is 49.2 Å². The molecule has 2 saturated carbocycles. The SMILES string of the molecule is CC(C)C1(c2noc(C3CCC(F)(F)CC3)n2)CCN(C(=O)[C@@H]2[C@@H]3CC[C@@H](C[C@H]3O)N2C(=O)OC(C)(C)C)CC1. The van der Waals surface area contributed by atoms with Crippen LogP contribution >= 0.6 is 0 Å². The normalized spacial score (nSPS) is 30.5. The first-order valence-corrected chi connectivity index (χ1v) is 14.9. The van der Waals surface area contributed by atoms with Crippen LogP contribution in [0.25, 0.3) is 0 Å². The lowest BCUT2D eigenvalue weighted by Gasteiger charge is -2.53. The number of aromatic nitrogens is 2. The molecular formula is C29H44F2N4O5. The summed E-state index contributed by atoms with van der Waals surface area (Å²) < 4.78 is 38.6. The fraction of sp³-hybridized carbons (Fsp3) is 0.862. The molecule has 6 rings (SSSR count). The average Bonchev–Trinajstić information content (AvgIpc) is 3.37. The van der Waals surface area contributed by atoms with E-state index in [1.807, 2.05) is 20.8 Å². The Morgan fingerprint density at radius 3 is 2.30 bits per heavy atom. The van der Waals surface area contributed by atoms with Crippen LogP contribution in [0, 0.1) is 11.8 Å². The number of fused-ring (bicyclic) bond motifs is 3. The zero-order valence-electron chi connectivity index (χ0n) is 24.4. The van der Waals surface area contributed by atoms with Crippen LogP contribution in [0.1, 0.15) is 110 Å². The third kappa shape index (κ3) is 5.46. The van der Waals surface area contributed by atoms with Crippen molar-refractivity contribution in [3.63, 3.8) is 0 Å². The highest BCUT2D eigenvalue weighted by atomic mass is 19.3. The van der Waals surface area contributed by atoms with E-state index in [0.29, 0.717) is 63.3 Å². The van der Waals surface area contributed by atoms with Crippen LogP contribution in [0.15, 0.2) is 4.52 Å². The number of nitrogens with zero attached hydrogens (tertiary/aromatic N) is 4. The highest BCUT2D eigenvalue weighted by molar-refractivity contribution is 5.87. The van der Waals surface area contributed by atoms with Crippen LogP contribution in [-0.4, -0.2) is 79.8 Å². The molecule has 2 amide bonds. The van der Waals surface area contributed by atoms with Gasteiger partial charge in [-0.1, -0.05) is 19.0 Å². The van der Waals surface area contributed by atoms with E-state index in [9.17, 15) is 23.5 Å². The van der Waals surface area contributed by atoms with Crippen LogP contribution in [-0.2, 0) is 14.9 Å². The van der Waals surface area contributed by atoms with Gasteiger partial charge in [-0.15, -0.1) is 0 Å². The predicted octanol–water partition coefficient (Wildman–Crippen LogP) is 5.03. The third-order valence-electron chi connectivity index (χ3n) is 9.82. The Balaban J connectivity index is 1.31. The number of hydrogen-bond acceptors (Lipinski definition) is 7. The van der Waals surface area contributed by atoms with E-state index in [1.54, 1.807) is 9.80 Å². The standard InChI is InChI=1S/C29H44F2N4O5/c1-17(2)28(25-32-23(40-33-25)18-8-10-29(30,31)11-9-18)12-14-34(15-13-28)24(37)22-20-7-6-19(16-21(20)36)35(22)26(38)39-27(3,4)5/h17-22,36H,6-16H2,1-5H3/t19-,20+,21+,22-/m0/s1. The number of carbonyl (C=O) groups excluding carboxylic acids is 2. The van der Waals surface area contributed by atoms with Gasteiger partial charge in [-0.3, -0.25) is 9.69 Å². The highest BCUT2D eigenvalue weighted by Gasteiger charge is 2.54. The van der Waals surface area contributed by atoms with Crippen LogP contribution in [0.2, 0.25) is 0 Å². The predicted molar refractivity (Wildman–Crippen MR) is 142 cm³/mol. The Morgan fingerprint density at radius 2 is 1.73 bits per heavy atom. The summed E-state index contributed by atoms with van der Waals surface area (Å²) in [6.07, 6.45) is 2.35. The summed E-state index contributed by atoms with van der Waals surface area (Å²) in [5.74, 6) is -2.05. The summed E-state index contributed by atoms with van der Waals surface area (Å²) in [6.45, 7) is 10.6. The lowest BCUT2D eigenvalue weighted by atomic mass is 9.68. The molecule has 0 radical (unpaired) electrons. The fourth-order valence-electron chi connectivity index (χ4n) is 7.35. The minimum Gasteiger partial charge on any atom is -0.444 e. The third-order valence-corrected chi connectivity index (χ3v) is 9.82. The summed E-state index contributed by atoms with van der Waals surface area (Å²) in [7, 11) is 0. The minimum absolute atomic E-state index is 0.145. The molecule has 5 aliphatic rings. The lowest BCUT2D eigenvalue weighted by molar-refractivity contribution is -0.155. The van der Waals surface area contributed by atoms with Gasteiger partial charge in [0.15, 0.2) is 5.82 Å². The molecule has 9 nitrogen and oxygen atoms in total. The number of ether oxygens (including phenoxy) is 1. The van der Waals surface area contributed by atoms with Crippen molar-refractivity contribution in [3.05, 3.63) is 11.7 Å². The number of amides is 2. The Labute approximate surface area is 235 Å². The van der Waals surface area contributed by atoms with Crippen molar-refractivity contribution in [1.82, 2.24) is 19.9 Å². The molecule has 3 saturated heterocycles. The number of likely N-dealkylation sites (tertiary alicyclic amines) is 1. The van der Waals surface area contributed by atoms with E-state index in [4.69, 9.17) is 14.2 Å². The number of rotatable bonds is 4. The van der Waals surface area contributed by atoms with E-state index in [-0.39, 0.29) is 42.5 Å². The van der Waals surface area contributed by atoms with Gasteiger partial charge >= 0.3 is 6.09 Å². The van der Waals surface area contributed by atoms with Crippen molar-refractivity contribution in [3.8, 4) is 0 Å². The molecule has 11 heteroatoms. The molecule has 1 aromatic heterocycles. The molecule has 224 valence electrons. The molecule has 2 bridgehead atoms. The molecule has 1 N–H and O–H groups in total. The van der Waals surface area contributed by atoms with Crippen molar-refractivity contribution in [2.45, 2.75) is 133 Å². The second kappa shape index (κ2) is 10.5. The van der Waals surface area contributed by atoms with E-state index in [1.165, 1.54) is 0 Å². The Bertz CT molecular complexity index is 1080. The Morgan fingerprint density at radius 1 is 1.07 bits per heavy atom. The molecule has 0 unspecified atom stereocenters. The van der Waals surface area contributed by atoms with Crippen molar-refractivity contribution >= 4 is 12.0 Å². The van der Waals surface area contributed by atoms with Gasteiger partial charge in [0.05, 0.1) is 6.10 Å². The van der Waals surface area contributed by atoms with E-state index in [2.05, 4.69) is 19.0 Å². The van der Waals surface area contributed by atoms with Crippen molar-refractivity contribution in [1.29, 1.82) is 0 Å². The zero-order chi connectivity index (χ0) is 29.0. The Kier molecular flexibility index (Phi) is 7.68. The van der Waals surface area contributed by atoms with Crippen molar-refractivity contribution < 1.29 is 32.7 Å². The number of halogens is 2. The number of aliphatic hydroxyl groups excluding tert-OH is 1. The molecule has 0 aromatic carbocycles. The van der Waals surface area contributed by atoms with E-state index < -0.39 is 35.2 Å². The average molecular weight is 567 g/mol. The summed E-state index contributed by atoms with van der Waals surface area (Å²) in [4.78, 5) is 35.4. The maximum Gasteiger partial charge on any atom is 0.411 e. The number of hydrogen-bond donors (Lipinski definition) is 1. The lowest BCUT2D eigenvalue weighted by Crippen LogP contribution is -2.67. The smallest absolute Gasteiger partial charge is 0.411 e. The first-order chi connectivity index (χ1) is 18.7. The van der Waals surface area contributed by atoms with Gasteiger partial charge in [-0.25, -0.2) is 13.6 Å². The molecule has 4 atom stereocenters. The largest absolute Gasteiger partial charge is 0.444 e. The minimum atomic E-state index is -2.62. The van der Waals surface area contributed by atoms with Crippen LogP contribution in [0.4, 0.5) is 13.6 Å². The van der Waals surface area contributed by atoms with E-state index in [0.717, 1.165) is 6.42 Å². The molecule has 5 fully saturated rings. The highest BCUT2D eigenvalue weighted by Crippen LogP contribution is 2.45. The molecule has 1 aromatic rings. The molecule has 2 aliphatic carbocycles. The molecule has 40 heavy (non-hydrogen) atoms. The molecule has 3 aliphatic heterocycles. The number of alkyl halides is 2. The number of aliphatic hydroxyl groups is 1. The Hall–Kier alpha value is -2.30. The van der Waals surface area contributed by atoms with E-state index >= 15 is 0 Å². The fourth-order valence-corrected chi connectivity index (χ4v) is 7.35. The topological polar surface area (TPSA) is 109 Å². The first kappa shape index (κ1) is 29.2. The summed E-state index contributed by atoms with van der Waals surface area (Å²) in [5.41, 5.74) is -1.10. The zero-order valence-corrected chi connectivity index (χ0v) is 24.4. The van der Waals surface area contributed by atoms with Crippen molar-refractivity contribution in [2.24, 2.45) is 11.8 Å². The summed E-state index contributed by atoms with van der Waals surface area (Å²) in [5, 5.41) is 15.1. The molecule has 4 heterocycles. The monoisotopic (exact) mass is 566 g/mol. The van der Waals surface area contributed by atoms with Crippen LogP contribution < -0.4 is 0 Å². The number of carbonyl (C=O) groups is 2. The second-order valence-corrected chi connectivity index (χ2v) is 13.8. The van der Waals surface area contributed by atoms with Gasteiger partial charge in [0.25, 0.3) is 0 Å². The van der Waals surface area contributed by atoms with Gasteiger partial charge in [0.1, 0.15) is 11.6 Å². The summed E-state index contributed by atoms with van der Waals surface area (Å²) >= 11 is 0. The van der Waals surface area contributed by atoms with Gasteiger partial charge in [-0.05, 0) is 71.6 Å². The maximum absolute atomic E-state index is 14.0. The van der Waals surface area contributed by atoms with Gasteiger partial charge < -0.3 is 19.3 Å². The summed E-state index contributed by atoms with van der Waals surface area (Å²) in [6, 6.07) is -0.967.